The van der Waals surface area contributed by atoms with Gasteiger partial charge in [-0.3, -0.25) is 0 Å². The highest BCUT2D eigenvalue weighted by atomic mass is 35.5. The van der Waals surface area contributed by atoms with Crippen molar-refractivity contribution in [1.29, 1.82) is 0 Å². The molecule has 0 atom stereocenters. The van der Waals surface area contributed by atoms with Crippen molar-refractivity contribution < 1.29 is 0 Å². The summed E-state index contributed by atoms with van der Waals surface area (Å²) in [5.74, 6) is 0.789. The molecule has 0 aliphatic carbocycles. The van der Waals surface area contributed by atoms with Crippen molar-refractivity contribution in [3.8, 4) is 0 Å². The van der Waals surface area contributed by atoms with E-state index in [9.17, 15) is 0 Å². The summed E-state index contributed by atoms with van der Waals surface area (Å²) >= 11 is 6.51. The summed E-state index contributed by atoms with van der Waals surface area (Å²) in [6.07, 6.45) is 2.69. The summed E-state index contributed by atoms with van der Waals surface area (Å²) in [6, 6.07) is 9.92. The van der Waals surface area contributed by atoms with Gasteiger partial charge in [-0.25, -0.2) is 9.98 Å². The van der Waals surface area contributed by atoms with Crippen LogP contribution in [-0.4, -0.2) is 29.8 Å². The SMILES string of the molecule is CCc1cccc(Nc2cc(C)cc(N=CN(C)CC)c2Cl)n1. The van der Waals surface area contributed by atoms with Crippen molar-refractivity contribution in [3.05, 3.63) is 46.6 Å². The first-order chi connectivity index (χ1) is 11.0. The van der Waals surface area contributed by atoms with E-state index in [1.54, 1.807) is 6.34 Å². The average molecular weight is 331 g/mol. The lowest BCUT2D eigenvalue weighted by Gasteiger charge is -2.13. The van der Waals surface area contributed by atoms with Crippen LogP contribution in [0.3, 0.4) is 0 Å². The largest absolute Gasteiger partial charge is 0.366 e. The predicted molar refractivity (Wildman–Crippen MR) is 99.5 cm³/mol. The van der Waals surface area contributed by atoms with E-state index >= 15 is 0 Å². The van der Waals surface area contributed by atoms with E-state index in [1.165, 1.54) is 0 Å². The van der Waals surface area contributed by atoms with E-state index in [-0.39, 0.29) is 0 Å². The number of benzene rings is 1. The maximum atomic E-state index is 6.51. The summed E-state index contributed by atoms with van der Waals surface area (Å²) in [4.78, 5) is 11.0. The molecule has 0 spiro atoms. The minimum Gasteiger partial charge on any atom is -0.366 e. The number of anilines is 2. The number of aryl methyl sites for hydroxylation is 2. The molecule has 1 heterocycles. The van der Waals surface area contributed by atoms with Crippen LogP contribution in [-0.2, 0) is 6.42 Å². The van der Waals surface area contributed by atoms with Crippen LogP contribution in [0.4, 0.5) is 17.2 Å². The smallest absolute Gasteiger partial charge is 0.130 e. The van der Waals surface area contributed by atoms with Gasteiger partial charge in [0.2, 0.25) is 0 Å². The van der Waals surface area contributed by atoms with E-state index in [2.05, 4.69) is 29.1 Å². The molecule has 2 rings (SSSR count). The van der Waals surface area contributed by atoms with Gasteiger partial charge in [0.1, 0.15) is 5.82 Å². The second kappa shape index (κ2) is 7.97. The van der Waals surface area contributed by atoms with Crippen LogP contribution in [0.15, 0.2) is 35.3 Å². The Kier molecular flexibility index (Phi) is 5.99. The zero-order chi connectivity index (χ0) is 16.8. The van der Waals surface area contributed by atoms with Gasteiger partial charge in [-0.2, -0.15) is 0 Å². The van der Waals surface area contributed by atoms with Crippen molar-refractivity contribution in [3.63, 3.8) is 0 Å². The van der Waals surface area contributed by atoms with Crippen molar-refractivity contribution in [1.82, 2.24) is 9.88 Å². The predicted octanol–water partition coefficient (Wildman–Crippen LogP) is 4.96. The molecule has 0 radical (unpaired) electrons. The molecule has 1 aromatic heterocycles. The van der Waals surface area contributed by atoms with E-state index in [0.29, 0.717) is 5.02 Å². The third-order valence-electron chi connectivity index (χ3n) is 3.52. The van der Waals surface area contributed by atoms with Gasteiger partial charge in [0.05, 0.1) is 22.7 Å². The molecule has 1 N–H and O–H groups in total. The first-order valence-corrected chi connectivity index (χ1v) is 8.18. The second-order valence-corrected chi connectivity index (χ2v) is 5.83. The fraction of sp³-hybridized carbons (Fsp3) is 0.333. The minimum atomic E-state index is 0.597. The fourth-order valence-electron chi connectivity index (χ4n) is 2.06. The Bertz CT molecular complexity index is 697. The van der Waals surface area contributed by atoms with Crippen LogP contribution in [0.25, 0.3) is 0 Å². The number of hydrogen-bond donors (Lipinski definition) is 1. The Morgan fingerprint density at radius 3 is 2.78 bits per heavy atom. The molecular formula is C18H23ClN4. The van der Waals surface area contributed by atoms with E-state index in [1.807, 2.05) is 49.2 Å². The second-order valence-electron chi connectivity index (χ2n) is 5.46. The highest BCUT2D eigenvalue weighted by Gasteiger charge is 2.08. The Morgan fingerprint density at radius 2 is 2.09 bits per heavy atom. The number of nitrogens with one attached hydrogen (secondary N) is 1. The summed E-state index contributed by atoms with van der Waals surface area (Å²) in [6.45, 7) is 7.08. The van der Waals surface area contributed by atoms with Crippen molar-refractivity contribution in [2.24, 2.45) is 4.99 Å². The van der Waals surface area contributed by atoms with Crippen LogP contribution in [0.2, 0.25) is 5.02 Å². The van der Waals surface area contributed by atoms with Crippen molar-refractivity contribution in [2.75, 3.05) is 18.9 Å². The molecule has 0 fully saturated rings. The summed E-state index contributed by atoms with van der Waals surface area (Å²) in [5, 5.41) is 3.90. The lowest BCUT2D eigenvalue weighted by molar-refractivity contribution is 0.552. The Morgan fingerprint density at radius 1 is 1.30 bits per heavy atom. The zero-order valence-corrected chi connectivity index (χ0v) is 14.9. The summed E-state index contributed by atoms with van der Waals surface area (Å²) in [5.41, 5.74) is 3.70. The highest BCUT2D eigenvalue weighted by molar-refractivity contribution is 6.35. The molecule has 4 nitrogen and oxygen atoms in total. The van der Waals surface area contributed by atoms with E-state index in [4.69, 9.17) is 11.6 Å². The molecule has 2 aromatic rings. The van der Waals surface area contributed by atoms with E-state index < -0.39 is 0 Å². The van der Waals surface area contributed by atoms with Gasteiger partial charge in [-0.1, -0.05) is 24.6 Å². The lowest BCUT2D eigenvalue weighted by atomic mass is 10.2. The highest BCUT2D eigenvalue weighted by Crippen LogP contribution is 2.35. The number of halogens is 1. The Labute approximate surface area is 143 Å². The topological polar surface area (TPSA) is 40.5 Å². The van der Waals surface area contributed by atoms with Gasteiger partial charge in [-0.05, 0) is 50.1 Å². The monoisotopic (exact) mass is 330 g/mol. The maximum absolute atomic E-state index is 6.51. The van der Waals surface area contributed by atoms with Crippen LogP contribution in [0.5, 0.6) is 0 Å². The van der Waals surface area contributed by atoms with Crippen LogP contribution < -0.4 is 5.32 Å². The number of hydrogen-bond acceptors (Lipinski definition) is 3. The standard InChI is InChI=1S/C18H23ClN4/c1-5-14-8-7-9-17(21-14)22-16-11-13(3)10-15(18(16)19)20-12-23(4)6-2/h7-12H,5-6H2,1-4H3,(H,21,22). The molecule has 0 saturated carbocycles. The third-order valence-corrected chi connectivity index (χ3v) is 3.92. The number of aliphatic imine (C=N–C) groups is 1. The van der Waals surface area contributed by atoms with Gasteiger partial charge in [0.15, 0.2) is 0 Å². The molecule has 0 bridgehead atoms. The van der Waals surface area contributed by atoms with Crippen molar-refractivity contribution in [2.45, 2.75) is 27.2 Å². The molecule has 0 aliphatic rings. The Hall–Kier alpha value is -2.07. The normalized spacial score (nSPS) is 11.0. The number of rotatable bonds is 6. The minimum absolute atomic E-state index is 0.597. The molecule has 23 heavy (non-hydrogen) atoms. The van der Waals surface area contributed by atoms with Gasteiger partial charge in [0, 0.05) is 19.3 Å². The summed E-state index contributed by atoms with van der Waals surface area (Å²) < 4.78 is 0. The molecule has 0 unspecified atom stereocenters. The van der Waals surface area contributed by atoms with Gasteiger partial charge < -0.3 is 10.2 Å². The van der Waals surface area contributed by atoms with Gasteiger partial charge in [-0.15, -0.1) is 0 Å². The molecule has 0 saturated heterocycles. The lowest BCUT2D eigenvalue weighted by Crippen LogP contribution is -2.14. The first kappa shape index (κ1) is 17.3. The number of nitrogens with zero attached hydrogens (tertiary/aromatic N) is 3. The maximum Gasteiger partial charge on any atom is 0.130 e. The first-order valence-electron chi connectivity index (χ1n) is 7.81. The average Bonchev–Trinajstić information content (AvgIpc) is 2.56. The molecule has 122 valence electrons. The van der Waals surface area contributed by atoms with Gasteiger partial charge >= 0.3 is 0 Å². The number of pyridine rings is 1. The molecule has 5 heteroatoms. The van der Waals surface area contributed by atoms with E-state index in [0.717, 1.165) is 41.4 Å². The fourth-order valence-corrected chi connectivity index (χ4v) is 2.27. The zero-order valence-electron chi connectivity index (χ0n) is 14.1. The van der Waals surface area contributed by atoms with Crippen molar-refractivity contribution >= 4 is 35.1 Å². The van der Waals surface area contributed by atoms with Crippen LogP contribution in [0, 0.1) is 6.92 Å². The molecule has 1 aromatic carbocycles. The quantitative estimate of drug-likeness (QED) is 0.601. The van der Waals surface area contributed by atoms with Crippen LogP contribution >= 0.6 is 11.6 Å². The Balaban J connectivity index is 2.31. The third kappa shape index (κ3) is 4.70. The molecule has 0 amide bonds. The molecular weight excluding hydrogens is 308 g/mol. The number of aromatic nitrogens is 1. The molecule has 0 aliphatic heterocycles. The van der Waals surface area contributed by atoms with Crippen LogP contribution in [0.1, 0.15) is 25.1 Å². The van der Waals surface area contributed by atoms with Gasteiger partial charge in [0.25, 0.3) is 0 Å². The summed E-state index contributed by atoms with van der Waals surface area (Å²) in [7, 11) is 1.98.